The summed E-state index contributed by atoms with van der Waals surface area (Å²) in [5.41, 5.74) is 5.99. The van der Waals surface area contributed by atoms with Gasteiger partial charge in [-0.3, -0.25) is 0 Å². The first-order valence-electron chi connectivity index (χ1n) is 3.85. The second-order valence-electron chi connectivity index (χ2n) is 2.70. The Morgan fingerprint density at radius 3 is 2.86 bits per heavy atom. The molecule has 72 valence electrons. The lowest BCUT2D eigenvalue weighted by atomic mass is 10.4. The summed E-state index contributed by atoms with van der Waals surface area (Å²) in [7, 11) is 0. The van der Waals surface area contributed by atoms with Gasteiger partial charge in [0.25, 0.3) is 0 Å². The second kappa shape index (κ2) is 3.22. The number of pyridine rings is 1. The number of rotatable bonds is 1. The van der Waals surface area contributed by atoms with Gasteiger partial charge in [-0.15, -0.1) is 15.0 Å². The van der Waals surface area contributed by atoms with Gasteiger partial charge < -0.3 is 5.73 Å². The van der Waals surface area contributed by atoms with E-state index in [9.17, 15) is 0 Å². The van der Waals surface area contributed by atoms with Crippen molar-refractivity contribution in [2.24, 2.45) is 0 Å². The molecule has 0 bridgehead atoms. The fourth-order valence-corrected chi connectivity index (χ4v) is 1.22. The first kappa shape index (κ1) is 8.89. The number of aryl methyl sites for hydroxylation is 1. The quantitative estimate of drug-likeness (QED) is 0.745. The first-order valence-corrected chi connectivity index (χ1v) is 4.22. The minimum Gasteiger partial charge on any atom is -0.397 e. The Labute approximate surface area is 84.7 Å². The van der Waals surface area contributed by atoms with Crippen LogP contribution in [0.3, 0.4) is 0 Å². The van der Waals surface area contributed by atoms with Gasteiger partial charge in [-0.1, -0.05) is 11.6 Å². The molecular formula is C7H7ClN6. The molecule has 0 aliphatic rings. The van der Waals surface area contributed by atoms with Crippen molar-refractivity contribution in [2.45, 2.75) is 6.92 Å². The first-order chi connectivity index (χ1) is 6.66. The van der Waals surface area contributed by atoms with Crippen molar-refractivity contribution in [1.29, 1.82) is 0 Å². The highest BCUT2D eigenvalue weighted by atomic mass is 35.5. The minimum absolute atomic E-state index is 0.391. The van der Waals surface area contributed by atoms with E-state index in [-0.39, 0.29) is 0 Å². The molecule has 0 amide bonds. The number of nitrogens with zero attached hydrogens (tertiary/aromatic N) is 5. The number of hydrogen-bond acceptors (Lipinski definition) is 5. The standard InChI is InChI=1S/C7H7ClN6/c1-4-11-13-14(12-4)7-6(8)2-5(9)3-10-7/h2-3H,9H2,1H3. The molecule has 0 radical (unpaired) electrons. The van der Waals surface area contributed by atoms with Gasteiger partial charge in [0.2, 0.25) is 0 Å². The van der Waals surface area contributed by atoms with Crippen LogP contribution in [-0.2, 0) is 0 Å². The monoisotopic (exact) mass is 210 g/mol. The van der Waals surface area contributed by atoms with Crippen molar-refractivity contribution >= 4 is 17.3 Å². The van der Waals surface area contributed by atoms with Gasteiger partial charge in [-0.25, -0.2) is 4.98 Å². The van der Waals surface area contributed by atoms with Crippen LogP contribution in [0, 0.1) is 6.92 Å². The maximum Gasteiger partial charge on any atom is 0.195 e. The SMILES string of the molecule is Cc1nnn(-c2ncc(N)cc2Cl)n1. The number of tetrazole rings is 1. The summed E-state index contributed by atoms with van der Waals surface area (Å²) in [6.07, 6.45) is 1.49. The molecule has 0 spiro atoms. The maximum atomic E-state index is 5.90. The zero-order chi connectivity index (χ0) is 10.1. The molecule has 2 aromatic heterocycles. The molecule has 6 nitrogen and oxygen atoms in total. The Hall–Kier alpha value is -1.69. The van der Waals surface area contributed by atoms with Crippen LogP contribution in [0.25, 0.3) is 5.82 Å². The normalized spacial score (nSPS) is 10.4. The van der Waals surface area contributed by atoms with Crippen LogP contribution in [0.1, 0.15) is 5.82 Å². The van der Waals surface area contributed by atoms with Gasteiger partial charge >= 0.3 is 0 Å². The van der Waals surface area contributed by atoms with E-state index in [4.69, 9.17) is 17.3 Å². The molecule has 0 atom stereocenters. The van der Waals surface area contributed by atoms with E-state index in [1.165, 1.54) is 11.0 Å². The van der Waals surface area contributed by atoms with Crippen LogP contribution < -0.4 is 5.73 Å². The molecule has 0 unspecified atom stereocenters. The zero-order valence-corrected chi connectivity index (χ0v) is 8.10. The summed E-state index contributed by atoms with van der Waals surface area (Å²) in [5.74, 6) is 0.973. The number of hydrogen-bond donors (Lipinski definition) is 1. The molecule has 2 rings (SSSR count). The number of nitrogen functional groups attached to an aromatic ring is 1. The van der Waals surface area contributed by atoms with Crippen LogP contribution >= 0.6 is 11.6 Å². The fraction of sp³-hybridized carbons (Fsp3) is 0.143. The molecular weight excluding hydrogens is 204 g/mol. The van der Waals surface area contributed by atoms with Gasteiger partial charge in [0.15, 0.2) is 11.6 Å². The van der Waals surface area contributed by atoms with Crippen molar-refractivity contribution in [3.8, 4) is 5.82 Å². The molecule has 0 aliphatic carbocycles. The number of halogens is 1. The van der Waals surface area contributed by atoms with E-state index in [0.717, 1.165) is 0 Å². The highest BCUT2D eigenvalue weighted by molar-refractivity contribution is 6.32. The third-order valence-electron chi connectivity index (χ3n) is 1.55. The molecule has 0 aromatic carbocycles. The Kier molecular flexibility index (Phi) is 2.05. The number of anilines is 1. The van der Waals surface area contributed by atoms with Crippen molar-refractivity contribution in [2.75, 3.05) is 5.73 Å². The van der Waals surface area contributed by atoms with Crippen molar-refractivity contribution in [3.63, 3.8) is 0 Å². The molecule has 7 heteroatoms. The average molecular weight is 211 g/mol. The lowest BCUT2D eigenvalue weighted by Gasteiger charge is -2.00. The third kappa shape index (κ3) is 1.51. The van der Waals surface area contributed by atoms with E-state index >= 15 is 0 Å². The van der Waals surface area contributed by atoms with E-state index in [0.29, 0.717) is 22.4 Å². The highest BCUT2D eigenvalue weighted by Crippen LogP contribution is 2.18. The molecule has 2 N–H and O–H groups in total. The van der Waals surface area contributed by atoms with Crippen LogP contribution in [0.5, 0.6) is 0 Å². The topological polar surface area (TPSA) is 82.5 Å². The predicted octanol–water partition coefficient (Wildman–Crippen LogP) is 0.601. The van der Waals surface area contributed by atoms with Crippen LogP contribution in [0.2, 0.25) is 5.02 Å². The second-order valence-corrected chi connectivity index (χ2v) is 3.11. The van der Waals surface area contributed by atoms with E-state index in [1.54, 1.807) is 13.0 Å². The van der Waals surface area contributed by atoms with Gasteiger partial charge in [0.1, 0.15) is 0 Å². The van der Waals surface area contributed by atoms with Gasteiger partial charge in [0.05, 0.1) is 16.9 Å². The average Bonchev–Trinajstić information content (AvgIpc) is 2.51. The maximum absolute atomic E-state index is 5.90. The van der Waals surface area contributed by atoms with E-state index in [1.807, 2.05) is 0 Å². The Morgan fingerprint density at radius 1 is 1.50 bits per heavy atom. The van der Waals surface area contributed by atoms with Crippen molar-refractivity contribution < 1.29 is 0 Å². The third-order valence-corrected chi connectivity index (χ3v) is 1.82. The summed E-state index contributed by atoms with van der Waals surface area (Å²) in [6, 6.07) is 1.59. The summed E-state index contributed by atoms with van der Waals surface area (Å²) in [4.78, 5) is 5.26. The van der Waals surface area contributed by atoms with Crippen LogP contribution in [-0.4, -0.2) is 25.2 Å². The van der Waals surface area contributed by atoms with E-state index < -0.39 is 0 Å². The summed E-state index contributed by atoms with van der Waals surface area (Å²) < 4.78 is 0. The molecule has 0 aliphatic heterocycles. The molecule has 14 heavy (non-hydrogen) atoms. The largest absolute Gasteiger partial charge is 0.397 e. The summed E-state index contributed by atoms with van der Waals surface area (Å²) >= 11 is 5.90. The van der Waals surface area contributed by atoms with Gasteiger partial charge in [-0.05, 0) is 18.2 Å². The van der Waals surface area contributed by atoms with Crippen molar-refractivity contribution in [3.05, 3.63) is 23.1 Å². The van der Waals surface area contributed by atoms with Gasteiger partial charge in [0, 0.05) is 0 Å². The molecule has 0 fully saturated rings. The van der Waals surface area contributed by atoms with Crippen LogP contribution in [0.4, 0.5) is 5.69 Å². The molecule has 2 aromatic rings. The zero-order valence-electron chi connectivity index (χ0n) is 7.35. The molecule has 2 heterocycles. The van der Waals surface area contributed by atoms with E-state index in [2.05, 4.69) is 20.4 Å². The van der Waals surface area contributed by atoms with Gasteiger partial charge in [-0.2, -0.15) is 0 Å². The Morgan fingerprint density at radius 2 is 2.29 bits per heavy atom. The highest BCUT2D eigenvalue weighted by Gasteiger charge is 2.07. The molecule has 0 saturated heterocycles. The lowest BCUT2D eigenvalue weighted by molar-refractivity contribution is 0.700. The molecule has 0 saturated carbocycles. The number of nitrogens with two attached hydrogens (primary N) is 1. The van der Waals surface area contributed by atoms with Crippen molar-refractivity contribution in [1.82, 2.24) is 25.2 Å². The Balaban J connectivity index is 2.52. The lowest BCUT2D eigenvalue weighted by Crippen LogP contribution is -2.03. The summed E-state index contributed by atoms with van der Waals surface area (Å²) in [5, 5.41) is 11.8. The minimum atomic E-state index is 0.391. The fourth-order valence-electron chi connectivity index (χ4n) is 0.967. The predicted molar refractivity (Wildman–Crippen MR) is 51.1 cm³/mol. The smallest absolute Gasteiger partial charge is 0.195 e. The number of aromatic nitrogens is 5. The van der Waals surface area contributed by atoms with Crippen LogP contribution in [0.15, 0.2) is 12.3 Å². The summed E-state index contributed by atoms with van der Waals surface area (Å²) in [6.45, 7) is 1.73. The Bertz CT molecular complexity index is 465.